The first-order chi connectivity index (χ1) is 16.1. The summed E-state index contributed by atoms with van der Waals surface area (Å²) in [5.74, 6) is -0.418. The van der Waals surface area contributed by atoms with Crippen molar-refractivity contribution in [2.75, 3.05) is 56.0 Å². The number of rotatable bonds is 8. The zero-order valence-corrected chi connectivity index (χ0v) is 19.0. The minimum absolute atomic E-state index is 0.0217. The lowest BCUT2D eigenvalue weighted by atomic mass is 10.1. The van der Waals surface area contributed by atoms with Crippen molar-refractivity contribution in [3.8, 4) is 11.1 Å². The molecule has 2 aromatic heterocycles. The Kier molecular flexibility index (Phi) is 6.17. The van der Waals surface area contributed by atoms with Crippen LogP contribution in [0.3, 0.4) is 0 Å². The summed E-state index contributed by atoms with van der Waals surface area (Å²) in [6, 6.07) is 12.7. The molecule has 0 unspecified atom stereocenters. The molecule has 1 saturated heterocycles. The Morgan fingerprint density at radius 2 is 1.85 bits per heavy atom. The summed E-state index contributed by atoms with van der Waals surface area (Å²) < 4.78 is 15.2. The van der Waals surface area contributed by atoms with Gasteiger partial charge in [0.1, 0.15) is 6.17 Å². The maximum absolute atomic E-state index is 13.3. The average molecular weight is 451 g/mol. The number of piperazine rings is 1. The normalized spacial score (nSPS) is 20.3. The van der Waals surface area contributed by atoms with Crippen LogP contribution in [0.5, 0.6) is 0 Å². The molecule has 33 heavy (non-hydrogen) atoms. The van der Waals surface area contributed by atoms with Crippen molar-refractivity contribution in [1.29, 1.82) is 0 Å². The molecule has 3 aromatic rings. The maximum Gasteiger partial charge on any atom is 0.228 e. The van der Waals surface area contributed by atoms with E-state index < -0.39 is 12.1 Å². The summed E-state index contributed by atoms with van der Waals surface area (Å²) in [4.78, 5) is 16.5. The van der Waals surface area contributed by atoms with E-state index in [4.69, 9.17) is 0 Å². The zero-order chi connectivity index (χ0) is 22.8. The number of hydrogen-bond donors (Lipinski definition) is 2. The van der Waals surface area contributed by atoms with Gasteiger partial charge in [-0.3, -0.25) is 4.79 Å². The molecule has 1 aliphatic carbocycles. The van der Waals surface area contributed by atoms with Crippen LogP contribution in [-0.2, 0) is 4.79 Å². The molecule has 174 valence electrons. The Hall–Kier alpha value is -3.13. The summed E-state index contributed by atoms with van der Waals surface area (Å²) in [5.41, 5.74) is 5.53. The first-order valence-electron chi connectivity index (χ1n) is 11.8. The maximum atomic E-state index is 13.3. The van der Waals surface area contributed by atoms with Gasteiger partial charge in [0.15, 0.2) is 0 Å². The highest BCUT2D eigenvalue weighted by Crippen LogP contribution is 2.36. The molecule has 2 atom stereocenters. The SMILES string of the molecule is CCNCCNc1ccc(-c2cc3c(N4CCN(C(=O)[C@@H]5C[C@@H]5F)CC4)ccnn3c2)cc1. The van der Waals surface area contributed by atoms with E-state index in [2.05, 4.69) is 64.1 Å². The zero-order valence-electron chi connectivity index (χ0n) is 19.0. The fourth-order valence-corrected chi connectivity index (χ4v) is 4.50. The van der Waals surface area contributed by atoms with Crippen molar-refractivity contribution in [2.45, 2.75) is 19.5 Å². The number of hydrogen-bond acceptors (Lipinski definition) is 5. The first-order valence-corrected chi connectivity index (χ1v) is 11.8. The summed E-state index contributed by atoms with van der Waals surface area (Å²) in [5, 5.41) is 11.2. The number of halogens is 1. The Morgan fingerprint density at radius 3 is 2.55 bits per heavy atom. The molecule has 1 aromatic carbocycles. The summed E-state index contributed by atoms with van der Waals surface area (Å²) in [7, 11) is 0. The van der Waals surface area contributed by atoms with E-state index >= 15 is 0 Å². The van der Waals surface area contributed by atoms with Gasteiger partial charge in [0.2, 0.25) is 5.91 Å². The first kappa shape index (κ1) is 21.7. The second kappa shape index (κ2) is 9.39. The summed E-state index contributed by atoms with van der Waals surface area (Å²) >= 11 is 0. The average Bonchev–Trinajstić information content (AvgIpc) is 3.42. The van der Waals surface area contributed by atoms with Gasteiger partial charge in [-0.1, -0.05) is 19.1 Å². The van der Waals surface area contributed by atoms with Crippen LogP contribution in [0.25, 0.3) is 16.6 Å². The molecule has 0 radical (unpaired) electrons. The van der Waals surface area contributed by atoms with Crippen LogP contribution in [0.15, 0.2) is 48.8 Å². The van der Waals surface area contributed by atoms with Crippen LogP contribution in [0.4, 0.5) is 15.8 Å². The number of alkyl halides is 1. The van der Waals surface area contributed by atoms with E-state index in [1.165, 1.54) is 0 Å². The molecule has 0 spiro atoms. The predicted octanol–water partition coefficient (Wildman–Crippen LogP) is 3.03. The van der Waals surface area contributed by atoms with Gasteiger partial charge in [-0.15, -0.1) is 0 Å². The van der Waals surface area contributed by atoms with Crippen LogP contribution in [0.1, 0.15) is 13.3 Å². The fourth-order valence-electron chi connectivity index (χ4n) is 4.50. The van der Waals surface area contributed by atoms with Gasteiger partial charge in [-0.2, -0.15) is 5.10 Å². The minimum Gasteiger partial charge on any atom is -0.384 e. The quantitative estimate of drug-likeness (QED) is 0.517. The van der Waals surface area contributed by atoms with Crippen LogP contribution in [0, 0.1) is 5.92 Å². The van der Waals surface area contributed by atoms with Gasteiger partial charge < -0.3 is 20.4 Å². The number of anilines is 2. The summed E-state index contributed by atoms with van der Waals surface area (Å²) in [6.45, 7) is 7.66. The number of nitrogens with zero attached hydrogens (tertiary/aromatic N) is 4. The van der Waals surface area contributed by atoms with Crippen molar-refractivity contribution in [1.82, 2.24) is 19.8 Å². The predicted molar refractivity (Wildman–Crippen MR) is 129 cm³/mol. The number of fused-ring (bicyclic) bond motifs is 1. The van der Waals surface area contributed by atoms with Crippen molar-refractivity contribution in [3.05, 3.63) is 48.8 Å². The number of carbonyl (C=O) groups is 1. The number of aromatic nitrogens is 2. The third kappa shape index (κ3) is 4.66. The lowest BCUT2D eigenvalue weighted by molar-refractivity contribution is -0.133. The van der Waals surface area contributed by atoms with Gasteiger partial charge in [-0.05, 0) is 42.8 Å². The third-order valence-electron chi connectivity index (χ3n) is 6.55. The second-order valence-electron chi connectivity index (χ2n) is 8.80. The highest BCUT2D eigenvalue weighted by Gasteiger charge is 2.46. The number of likely N-dealkylation sites (N-methyl/N-ethyl adjacent to an activating group) is 1. The third-order valence-corrected chi connectivity index (χ3v) is 6.55. The van der Waals surface area contributed by atoms with Gasteiger partial charge >= 0.3 is 0 Å². The lowest BCUT2D eigenvalue weighted by Gasteiger charge is -2.36. The van der Waals surface area contributed by atoms with E-state index in [-0.39, 0.29) is 5.91 Å². The summed E-state index contributed by atoms with van der Waals surface area (Å²) in [6.07, 6.45) is 3.33. The second-order valence-corrected chi connectivity index (χ2v) is 8.80. The molecule has 0 bridgehead atoms. The van der Waals surface area contributed by atoms with Crippen LogP contribution < -0.4 is 15.5 Å². The van der Waals surface area contributed by atoms with Crippen molar-refractivity contribution in [3.63, 3.8) is 0 Å². The Labute approximate surface area is 193 Å². The number of benzene rings is 1. The van der Waals surface area contributed by atoms with Crippen LogP contribution in [-0.4, -0.2) is 72.4 Å². The van der Waals surface area contributed by atoms with E-state index in [0.29, 0.717) is 19.5 Å². The molecule has 8 heteroatoms. The lowest BCUT2D eigenvalue weighted by Crippen LogP contribution is -2.49. The number of nitrogens with one attached hydrogen (secondary N) is 2. The molecule has 2 N–H and O–H groups in total. The smallest absolute Gasteiger partial charge is 0.228 e. The minimum atomic E-state index is -0.933. The molecule has 3 heterocycles. The Morgan fingerprint density at radius 1 is 1.09 bits per heavy atom. The molecule has 5 rings (SSSR count). The van der Waals surface area contributed by atoms with Gasteiger partial charge in [-0.25, -0.2) is 8.91 Å². The molecule has 7 nitrogen and oxygen atoms in total. The molecule has 1 saturated carbocycles. The van der Waals surface area contributed by atoms with Crippen molar-refractivity contribution in [2.24, 2.45) is 5.92 Å². The monoisotopic (exact) mass is 450 g/mol. The molecule has 1 aliphatic heterocycles. The molecular formula is C25H31FN6O. The number of amides is 1. The topological polar surface area (TPSA) is 64.9 Å². The Balaban J connectivity index is 1.27. The van der Waals surface area contributed by atoms with E-state index in [0.717, 1.165) is 60.7 Å². The molecule has 2 aliphatic rings. The fraction of sp³-hybridized carbons (Fsp3) is 0.440. The van der Waals surface area contributed by atoms with E-state index in [1.807, 2.05) is 21.7 Å². The van der Waals surface area contributed by atoms with Crippen molar-refractivity contribution >= 4 is 22.8 Å². The van der Waals surface area contributed by atoms with Crippen LogP contribution >= 0.6 is 0 Å². The van der Waals surface area contributed by atoms with E-state index in [9.17, 15) is 9.18 Å². The largest absolute Gasteiger partial charge is 0.384 e. The number of carbonyl (C=O) groups excluding carboxylic acids is 1. The van der Waals surface area contributed by atoms with E-state index in [1.54, 1.807) is 0 Å². The van der Waals surface area contributed by atoms with Crippen LogP contribution in [0.2, 0.25) is 0 Å². The standard InChI is InChI=1S/C25H31FN6O/c1-2-27-9-10-28-20-5-3-18(4-6-20)19-15-24-23(7-8-29-32(24)17-19)30-11-13-31(14-12-30)25(33)21-16-22(21)26/h3-8,15,17,21-22,27-28H,2,9-14,16H2,1H3/t21-,22+/m1/s1. The highest BCUT2D eigenvalue weighted by molar-refractivity contribution is 5.83. The molecular weight excluding hydrogens is 419 g/mol. The molecule has 2 fully saturated rings. The van der Waals surface area contributed by atoms with Gasteiger partial charge in [0.05, 0.1) is 17.1 Å². The van der Waals surface area contributed by atoms with Gasteiger partial charge in [0.25, 0.3) is 0 Å². The highest BCUT2D eigenvalue weighted by atomic mass is 19.1. The van der Waals surface area contributed by atoms with Crippen molar-refractivity contribution < 1.29 is 9.18 Å². The molecule has 1 amide bonds. The van der Waals surface area contributed by atoms with Gasteiger partial charge in [0, 0.05) is 62.9 Å². The Bertz CT molecular complexity index is 1110.